The Bertz CT molecular complexity index is 669. The molecule has 1 N–H and O–H groups in total. The molecule has 2 nitrogen and oxygen atoms in total. The predicted octanol–water partition coefficient (Wildman–Crippen LogP) is 5.07. The number of hydrogen-bond donors (Lipinski definition) is 1. The van der Waals surface area contributed by atoms with Crippen molar-refractivity contribution >= 4 is 23.8 Å². The lowest BCUT2D eigenvalue weighted by Crippen LogP contribution is -2.17. The van der Waals surface area contributed by atoms with Gasteiger partial charge in [0.15, 0.2) is 0 Å². The lowest BCUT2D eigenvalue weighted by Gasteiger charge is -2.20. The lowest BCUT2D eigenvalue weighted by molar-refractivity contribution is 0.544. The molecule has 0 aliphatic heterocycles. The average molecular weight is 293 g/mol. The van der Waals surface area contributed by atoms with Gasteiger partial charge in [-0.15, -0.1) is 0 Å². The number of nitrogens with one attached hydrogen (secondary N) is 1. The molecule has 0 spiro atoms. The topological polar surface area (TPSA) is 28.7 Å². The fourth-order valence-corrected chi connectivity index (χ4v) is 2.24. The third kappa shape index (κ3) is 2.88. The van der Waals surface area contributed by atoms with Gasteiger partial charge in [0.2, 0.25) is 0 Å². The van der Waals surface area contributed by atoms with Gasteiger partial charge in [-0.1, -0.05) is 62.8 Å². The van der Waals surface area contributed by atoms with Crippen molar-refractivity contribution in [3.8, 4) is 11.3 Å². The first-order chi connectivity index (χ1) is 8.80. The molecule has 0 unspecified atom stereocenters. The van der Waals surface area contributed by atoms with Crippen LogP contribution in [0.3, 0.4) is 0 Å². The molecule has 0 amide bonds. The predicted molar refractivity (Wildman–Crippen MR) is 83.3 cm³/mol. The van der Waals surface area contributed by atoms with Crippen LogP contribution >= 0.6 is 23.8 Å². The Morgan fingerprint density at radius 2 is 1.84 bits per heavy atom. The van der Waals surface area contributed by atoms with Gasteiger partial charge in [0.05, 0.1) is 5.69 Å². The number of aromatic nitrogens is 2. The molecule has 0 bridgehead atoms. The lowest BCUT2D eigenvalue weighted by atomic mass is 9.95. The Kier molecular flexibility index (Phi) is 3.79. The van der Waals surface area contributed by atoms with Crippen molar-refractivity contribution in [1.29, 1.82) is 0 Å². The zero-order valence-corrected chi connectivity index (χ0v) is 13.1. The van der Waals surface area contributed by atoms with E-state index in [4.69, 9.17) is 23.8 Å². The number of benzene rings is 1. The summed E-state index contributed by atoms with van der Waals surface area (Å²) in [5.74, 6) is 0.873. The monoisotopic (exact) mass is 292 g/mol. The summed E-state index contributed by atoms with van der Waals surface area (Å²) >= 11 is 11.6. The molecule has 1 heterocycles. The maximum atomic E-state index is 6.28. The maximum absolute atomic E-state index is 6.28. The van der Waals surface area contributed by atoms with E-state index in [1.165, 1.54) is 0 Å². The molecular formula is C15H17ClN2S. The summed E-state index contributed by atoms with van der Waals surface area (Å²) < 4.78 is 0.624. The van der Waals surface area contributed by atoms with E-state index in [0.717, 1.165) is 22.6 Å². The molecule has 0 aliphatic rings. The molecule has 19 heavy (non-hydrogen) atoms. The van der Waals surface area contributed by atoms with Gasteiger partial charge in [0.1, 0.15) is 10.5 Å². The first-order valence-electron chi connectivity index (χ1n) is 6.17. The molecule has 2 aromatic rings. The largest absolute Gasteiger partial charge is 0.342 e. The molecule has 0 radical (unpaired) electrons. The van der Waals surface area contributed by atoms with E-state index < -0.39 is 0 Å². The van der Waals surface area contributed by atoms with Crippen molar-refractivity contribution in [2.45, 2.75) is 33.1 Å². The van der Waals surface area contributed by atoms with Gasteiger partial charge >= 0.3 is 0 Å². The Balaban J connectivity index is 2.74. The van der Waals surface area contributed by atoms with Crippen LogP contribution in [0.2, 0.25) is 5.02 Å². The minimum Gasteiger partial charge on any atom is -0.342 e. The van der Waals surface area contributed by atoms with Crippen LogP contribution in [-0.2, 0) is 5.41 Å². The Labute approximate surface area is 123 Å². The molecule has 1 aromatic carbocycles. The standard InChI is InChI=1S/C15H17ClN2S/c1-9-12(10-7-5-6-8-11(10)16)17-14(15(2,3)4)18-13(9)19/h5-8H,1-4H3,(H,17,18,19). The van der Waals surface area contributed by atoms with Crippen LogP contribution in [-0.4, -0.2) is 9.97 Å². The number of hydrogen-bond acceptors (Lipinski definition) is 2. The maximum Gasteiger partial charge on any atom is 0.133 e. The first-order valence-corrected chi connectivity index (χ1v) is 6.95. The molecule has 0 atom stereocenters. The van der Waals surface area contributed by atoms with Crippen molar-refractivity contribution in [3.63, 3.8) is 0 Å². The number of halogens is 1. The van der Waals surface area contributed by atoms with Gasteiger partial charge in [0.25, 0.3) is 0 Å². The fraction of sp³-hybridized carbons (Fsp3) is 0.333. The molecular weight excluding hydrogens is 276 g/mol. The van der Waals surface area contributed by atoms with Crippen molar-refractivity contribution in [2.75, 3.05) is 0 Å². The first kappa shape index (κ1) is 14.2. The minimum atomic E-state index is -0.0860. The smallest absolute Gasteiger partial charge is 0.133 e. The highest BCUT2D eigenvalue weighted by Crippen LogP contribution is 2.30. The molecule has 100 valence electrons. The van der Waals surface area contributed by atoms with Crippen LogP contribution in [0, 0.1) is 11.6 Å². The number of H-pyrrole nitrogens is 1. The van der Waals surface area contributed by atoms with E-state index in [1.807, 2.05) is 31.2 Å². The molecule has 2 rings (SSSR count). The Morgan fingerprint density at radius 3 is 2.42 bits per heavy atom. The van der Waals surface area contributed by atoms with Crippen LogP contribution in [0.4, 0.5) is 0 Å². The van der Waals surface area contributed by atoms with E-state index in [9.17, 15) is 0 Å². The van der Waals surface area contributed by atoms with Gasteiger partial charge in [-0.05, 0) is 13.0 Å². The highest BCUT2D eigenvalue weighted by Gasteiger charge is 2.19. The van der Waals surface area contributed by atoms with Crippen LogP contribution in [0.25, 0.3) is 11.3 Å². The summed E-state index contributed by atoms with van der Waals surface area (Å²) in [4.78, 5) is 7.86. The van der Waals surface area contributed by atoms with E-state index in [0.29, 0.717) is 9.66 Å². The second-order valence-corrected chi connectivity index (χ2v) is 6.41. The van der Waals surface area contributed by atoms with Crippen LogP contribution in [0.5, 0.6) is 0 Å². The van der Waals surface area contributed by atoms with Gasteiger partial charge in [0, 0.05) is 21.6 Å². The Hall–Kier alpha value is -1.19. The normalized spacial score (nSPS) is 11.6. The van der Waals surface area contributed by atoms with Crippen molar-refractivity contribution in [3.05, 3.63) is 45.3 Å². The second kappa shape index (κ2) is 5.06. The number of rotatable bonds is 1. The van der Waals surface area contributed by atoms with E-state index in [-0.39, 0.29) is 5.41 Å². The van der Waals surface area contributed by atoms with Crippen molar-refractivity contribution < 1.29 is 0 Å². The summed E-state index contributed by atoms with van der Waals surface area (Å²) in [7, 11) is 0. The SMILES string of the molecule is Cc1c(-c2ccccc2Cl)[nH]c(C(C)(C)C)nc1=S. The van der Waals surface area contributed by atoms with Gasteiger partial charge < -0.3 is 4.98 Å². The van der Waals surface area contributed by atoms with Crippen LogP contribution in [0.15, 0.2) is 24.3 Å². The molecule has 0 fully saturated rings. The molecule has 1 aromatic heterocycles. The minimum absolute atomic E-state index is 0.0860. The third-order valence-electron chi connectivity index (χ3n) is 3.01. The summed E-state index contributed by atoms with van der Waals surface area (Å²) in [5.41, 5.74) is 2.78. The van der Waals surface area contributed by atoms with Gasteiger partial charge in [-0.3, -0.25) is 0 Å². The number of aromatic amines is 1. The quantitative estimate of drug-likeness (QED) is 0.744. The molecule has 4 heteroatoms. The summed E-state index contributed by atoms with van der Waals surface area (Å²) in [5, 5.41) is 0.710. The average Bonchev–Trinajstić information content (AvgIpc) is 2.32. The summed E-state index contributed by atoms with van der Waals surface area (Å²) in [6.07, 6.45) is 0. The van der Waals surface area contributed by atoms with Gasteiger partial charge in [-0.2, -0.15) is 0 Å². The zero-order valence-electron chi connectivity index (χ0n) is 11.5. The van der Waals surface area contributed by atoms with E-state index in [1.54, 1.807) is 0 Å². The fourth-order valence-electron chi connectivity index (χ4n) is 1.82. The molecule has 0 saturated heterocycles. The molecule has 0 saturated carbocycles. The van der Waals surface area contributed by atoms with Crippen LogP contribution in [0.1, 0.15) is 32.2 Å². The van der Waals surface area contributed by atoms with Crippen molar-refractivity contribution in [2.24, 2.45) is 0 Å². The van der Waals surface area contributed by atoms with E-state index >= 15 is 0 Å². The second-order valence-electron chi connectivity index (χ2n) is 5.62. The third-order valence-corrected chi connectivity index (χ3v) is 3.73. The van der Waals surface area contributed by atoms with Gasteiger partial charge in [-0.25, -0.2) is 4.98 Å². The van der Waals surface area contributed by atoms with Crippen LogP contribution < -0.4 is 0 Å². The summed E-state index contributed by atoms with van der Waals surface area (Å²) in [6.45, 7) is 8.28. The highest BCUT2D eigenvalue weighted by atomic mass is 35.5. The highest BCUT2D eigenvalue weighted by molar-refractivity contribution is 7.71. The summed E-state index contributed by atoms with van der Waals surface area (Å²) in [6, 6.07) is 7.75. The van der Waals surface area contributed by atoms with Crippen molar-refractivity contribution in [1.82, 2.24) is 9.97 Å². The Morgan fingerprint density at radius 1 is 1.21 bits per heavy atom. The molecule has 0 aliphatic carbocycles. The van der Waals surface area contributed by atoms with E-state index in [2.05, 4.69) is 30.7 Å². The zero-order chi connectivity index (χ0) is 14.2. The number of nitrogens with zero attached hydrogens (tertiary/aromatic N) is 1.